The molecule has 4 heteroatoms. The van der Waals surface area contributed by atoms with E-state index in [4.69, 9.17) is 10.5 Å². The summed E-state index contributed by atoms with van der Waals surface area (Å²) in [5.41, 5.74) is 6.62. The molecule has 0 bridgehead atoms. The average Bonchev–Trinajstić information content (AvgIpc) is 2.30. The minimum Gasteiger partial charge on any atom is -0.478 e. The Hall–Kier alpha value is -2.10. The summed E-state index contributed by atoms with van der Waals surface area (Å²) < 4.78 is 5.32. The molecule has 1 aromatic carbocycles. The summed E-state index contributed by atoms with van der Waals surface area (Å²) in [6, 6.07) is 11.3. The lowest BCUT2D eigenvalue weighted by atomic mass is 10.2. The van der Waals surface area contributed by atoms with E-state index in [1.165, 1.54) is 0 Å². The Morgan fingerprint density at radius 3 is 2.62 bits per heavy atom. The van der Waals surface area contributed by atoms with Crippen LogP contribution in [-0.4, -0.2) is 16.6 Å². The minimum absolute atomic E-state index is 0.414. The van der Waals surface area contributed by atoms with Crippen molar-refractivity contribution in [3.8, 4) is 17.3 Å². The molecule has 82 valence electrons. The number of nitrogen functional groups attached to an aromatic ring is 1. The summed E-state index contributed by atoms with van der Waals surface area (Å²) in [5.74, 6) is 1.51. The van der Waals surface area contributed by atoms with Crippen LogP contribution in [0.5, 0.6) is 5.88 Å². The molecule has 1 heterocycles. The molecule has 0 unspecified atom stereocenters. The Labute approximate surface area is 94.1 Å². The summed E-state index contributed by atoms with van der Waals surface area (Å²) in [4.78, 5) is 8.45. The lowest BCUT2D eigenvalue weighted by Crippen LogP contribution is -2.00. The van der Waals surface area contributed by atoms with E-state index in [2.05, 4.69) is 9.97 Å². The number of hydrogen-bond donors (Lipinski definition) is 1. The predicted molar refractivity (Wildman–Crippen MR) is 63.0 cm³/mol. The maximum Gasteiger partial charge on any atom is 0.219 e. The number of nitrogens with two attached hydrogens (primary N) is 1. The van der Waals surface area contributed by atoms with Crippen LogP contribution in [0.2, 0.25) is 0 Å². The largest absolute Gasteiger partial charge is 0.478 e. The van der Waals surface area contributed by atoms with Crippen molar-refractivity contribution < 1.29 is 4.74 Å². The fraction of sp³-hybridized carbons (Fsp3) is 0.167. The number of anilines is 1. The van der Waals surface area contributed by atoms with Crippen LogP contribution in [0, 0.1) is 0 Å². The summed E-state index contributed by atoms with van der Waals surface area (Å²) in [6.45, 7) is 2.46. The number of benzene rings is 1. The van der Waals surface area contributed by atoms with Crippen molar-refractivity contribution in [3.63, 3.8) is 0 Å². The normalized spacial score (nSPS) is 10.1. The lowest BCUT2D eigenvalue weighted by molar-refractivity contribution is 0.327. The third kappa shape index (κ3) is 2.28. The molecule has 0 radical (unpaired) electrons. The van der Waals surface area contributed by atoms with Gasteiger partial charge >= 0.3 is 0 Å². The van der Waals surface area contributed by atoms with Crippen LogP contribution in [0.3, 0.4) is 0 Å². The van der Waals surface area contributed by atoms with E-state index in [-0.39, 0.29) is 0 Å². The second kappa shape index (κ2) is 4.61. The first-order chi connectivity index (χ1) is 7.79. The van der Waals surface area contributed by atoms with Gasteiger partial charge in [0.15, 0.2) is 5.82 Å². The van der Waals surface area contributed by atoms with Gasteiger partial charge in [0.25, 0.3) is 0 Å². The molecule has 16 heavy (non-hydrogen) atoms. The third-order valence-corrected chi connectivity index (χ3v) is 2.05. The van der Waals surface area contributed by atoms with Gasteiger partial charge in [-0.1, -0.05) is 30.3 Å². The molecule has 0 saturated heterocycles. The van der Waals surface area contributed by atoms with Crippen LogP contribution >= 0.6 is 0 Å². The van der Waals surface area contributed by atoms with Crippen LogP contribution < -0.4 is 10.5 Å². The SMILES string of the molecule is CCOc1cc(N)nc(-c2ccccc2)n1. The molecule has 4 nitrogen and oxygen atoms in total. The van der Waals surface area contributed by atoms with Gasteiger partial charge in [-0.3, -0.25) is 0 Å². The van der Waals surface area contributed by atoms with Crippen molar-refractivity contribution in [2.75, 3.05) is 12.3 Å². The van der Waals surface area contributed by atoms with Crippen LogP contribution in [-0.2, 0) is 0 Å². The Morgan fingerprint density at radius 1 is 1.19 bits per heavy atom. The van der Waals surface area contributed by atoms with Crippen molar-refractivity contribution in [1.29, 1.82) is 0 Å². The van der Waals surface area contributed by atoms with Gasteiger partial charge in [-0.2, -0.15) is 4.98 Å². The molecule has 1 aromatic heterocycles. The second-order valence-electron chi connectivity index (χ2n) is 3.25. The molecule has 0 aliphatic carbocycles. The van der Waals surface area contributed by atoms with E-state index >= 15 is 0 Å². The summed E-state index contributed by atoms with van der Waals surface area (Å²) in [6.07, 6.45) is 0. The van der Waals surface area contributed by atoms with Gasteiger partial charge in [-0.05, 0) is 6.92 Å². The Bertz CT molecular complexity index is 471. The van der Waals surface area contributed by atoms with E-state index in [1.807, 2.05) is 37.3 Å². The molecule has 2 rings (SSSR count). The Balaban J connectivity index is 2.41. The van der Waals surface area contributed by atoms with Crippen molar-refractivity contribution in [2.24, 2.45) is 0 Å². The van der Waals surface area contributed by atoms with Crippen LogP contribution in [0.15, 0.2) is 36.4 Å². The second-order valence-corrected chi connectivity index (χ2v) is 3.25. The summed E-state index contributed by atoms with van der Waals surface area (Å²) in [7, 11) is 0. The number of hydrogen-bond acceptors (Lipinski definition) is 4. The first kappa shape index (κ1) is 10.4. The highest BCUT2D eigenvalue weighted by atomic mass is 16.5. The van der Waals surface area contributed by atoms with Gasteiger partial charge in [0.2, 0.25) is 5.88 Å². The van der Waals surface area contributed by atoms with Crippen LogP contribution in [0.4, 0.5) is 5.82 Å². The van der Waals surface area contributed by atoms with Crippen molar-refractivity contribution in [1.82, 2.24) is 9.97 Å². The van der Waals surface area contributed by atoms with Gasteiger partial charge in [-0.25, -0.2) is 4.98 Å². The molecule has 0 saturated carbocycles. The number of aromatic nitrogens is 2. The van der Waals surface area contributed by atoms with Gasteiger partial charge in [0.05, 0.1) is 6.61 Å². The molecule has 0 aliphatic heterocycles. The Morgan fingerprint density at radius 2 is 1.94 bits per heavy atom. The van der Waals surface area contributed by atoms with Crippen molar-refractivity contribution >= 4 is 5.82 Å². The average molecular weight is 215 g/mol. The highest BCUT2D eigenvalue weighted by molar-refractivity contribution is 5.57. The highest BCUT2D eigenvalue weighted by Gasteiger charge is 2.05. The molecule has 2 aromatic rings. The Kier molecular flexibility index (Phi) is 3.00. The zero-order chi connectivity index (χ0) is 11.4. The molecule has 0 aliphatic rings. The van der Waals surface area contributed by atoms with E-state index in [1.54, 1.807) is 6.07 Å². The standard InChI is InChI=1S/C12H13N3O/c1-2-16-11-8-10(13)14-12(15-11)9-6-4-3-5-7-9/h3-8H,2H2,1H3,(H2,13,14,15). The molecule has 0 amide bonds. The molecular weight excluding hydrogens is 202 g/mol. The van der Waals surface area contributed by atoms with Crippen LogP contribution in [0.25, 0.3) is 11.4 Å². The van der Waals surface area contributed by atoms with E-state index in [9.17, 15) is 0 Å². The molecule has 2 N–H and O–H groups in total. The van der Waals surface area contributed by atoms with Gasteiger partial charge in [0, 0.05) is 11.6 Å². The van der Waals surface area contributed by atoms with Gasteiger partial charge in [-0.15, -0.1) is 0 Å². The predicted octanol–water partition coefficient (Wildman–Crippen LogP) is 2.12. The zero-order valence-electron chi connectivity index (χ0n) is 9.05. The first-order valence-corrected chi connectivity index (χ1v) is 5.12. The minimum atomic E-state index is 0.414. The molecule has 0 atom stereocenters. The van der Waals surface area contributed by atoms with Crippen LogP contribution in [0.1, 0.15) is 6.92 Å². The quantitative estimate of drug-likeness (QED) is 0.851. The summed E-state index contributed by atoms with van der Waals surface area (Å²) >= 11 is 0. The zero-order valence-corrected chi connectivity index (χ0v) is 9.05. The fourth-order valence-corrected chi connectivity index (χ4v) is 1.38. The fourth-order valence-electron chi connectivity index (χ4n) is 1.38. The van der Waals surface area contributed by atoms with E-state index in [0.29, 0.717) is 24.1 Å². The first-order valence-electron chi connectivity index (χ1n) is 5.12. The van der Waals surface area contributed by atoms with E-state index in [0.717, 1.165) is 5.56 Å². The van der Waals surface area contributed by atoms with Crippen molar-refractivity contribution in [3.05, 3.63) is 36.4 Å². The lowest BCUT2D eigenvalue weighted by Gasteiger charge is -2.05. The molecule has 0 spiro atoms. The third-order valence-electron chi connectivity index (χ3n) is 2.05. The highest BCUT2D eigenvalue weighted by Crippen LogP contribution is 2.19. The molecular formula is C12H13N3O. The summed E-state index contributed by atoms with van der Waals surface area (Å²) in [5, 5.41) is 0. The van der Waals surface area contributed by atoms with E-state index < -0.39 is 0 Å². The number of ether oxygens (including phenoxy) is 1. The van der Waals surface area contributed by atoms with Gasteiger partial charge in [0.1, 0.15) is 5.82 Å². The smallest absolute Gasteiger partial charge is 0.219 e. The monoisotopic (exact) mass is 215 g/mol. The topological polar surface area (TPSA) is 61.0 Å². The van der Waals surface area contributed by atoms with Crippen molar-refractivity contribution in [2.45, 2.75) is 6.92 Å². The van der Waals surface area contributed by atoms with Gasteiger partial charge < -0.3 is 10.5 Å². The molecule has 0 fully saturated rings. The number of rotatable bonds is 3. The maximum absolute atomic E-state index is 5.70. The number of nitrogens with zero attached hydrogens (tertiary/aromatic N) is 2. The maximum atomic E-state index is 5.70.